The van der Waals surface area contributed by atoms with Gasteiger partial charge in [0, 0.05) is 31.2 Å². The van der Waals surface area contributed by atoms with Gasteiger partial charge in [-0.3, -0.25) is 0 Å². The lowest BCUT2D eigenvalue weighted by Crippen LogP contribution is -3.00. The average molecular weight is 696 g/mol. The molecule has 0 saturated carbocycles. The monoisotopic (exact) mass is 694 g/mol. The zero-order valence-electron chi connectivity index (χ0n) is 28.3. The van der Waals surface area contributed by atoms with E-state index >= 15 is 0 Å². The van der Waals surface area contributed by atoms with Crippen LogP contribution in [-0.2, 0) is 25.7 Å². The molecule has 0 aliphatic carbocycles. The van der Waals surface area contributed by atoms with Crippen molar-refractivity contribution in [2.45, 2.75) is 37.8 Å². The molecule has 2 atom stereocenters. The fourth-order valence-corrected chi connectivity index (χ4v) is 7.61. The van der Waals surface area contributed by atoms with Crippen molar-refractivity contribution in [1.82, 2.24) is 0 Å². The van der Waals surface area contributed by atoms with Crippen molar-refractivity contribution in [1.29, 1.82) is 0 Å². The highest BCUT2D eigenvalue weighted by atomic mass is 35.5. The van der Waals surface area contributed by atoms with E-state index in [2.05, 4.69) is 52.5 Å². The van der Waals surface area contributed by atoms with Gasteiger partial charge in [0.1, 0.15) is 17.8 Å². The van der Waals surface area contributed by atoms with Gasteiger partial charge in [-0.15, -0.1) is 0 Å². The zero-order chi connectivity index (χ0) is 32.4. The normalized spacial score (nSPS) is 19.9. The summed E-state index contributed by atoms with van der Waals surface area (Å²) in [7, 11) is 12.2. The number of methoxy groups -OCH3 is 2. The number of phenols is 2. The third-order valence-corrected chi connectivity index (χ3v) is 10.5. The Morgan fingerprint density at radius 2 is 1.27 bits per heavy atom. The molecule has 48 heavy (non-hydrogen) atoms. The SMILES string of the molecule is COc1cc2c3cc1Oc1cc(ccc1O)C[C@H]1c4c(cc(OC)c(O)c4Oc4ccc(cc4)C[C@H]3[N+](C)(C)CC2)CC[N+]1(C)C.[Cl-].[Cl-]. The summed E-state index contributed by atoms with van der Waals surface area (Å²) in [6.45, 7) is 1.91. The second-order valence-corrected chi connectivity index (χ2v) is 14.1. The van der Waals surface area contributed by atoms with Gasteiger partial charge in [-0.2, -0.15) is 0 Å². The van der Waals surface area contributed by atoms with E-state index in [1.807, 2.05) is 30.3 Å². The van der Waals surface area contributed by atoms with Crippen LogP contribution in [0.15, 0.2) is 60.7 Å². The Morgan fingerprint density at radius 3 is 1.96 bits per heavy atom. The van der Waals surface area contributed by atoms with Crippen molar-refractivity contribution in [3.63, 3.8) is 0 Å². The van der Waals surface area contributed by atoms with E-state index in [4.69, 9.17) is 18.9 Å². The predicted molar refractivity (Wildman–Crippen MR) is 177 cm³/mol. The van der Waals surface area contributed by atoms with Crippen molar-refractivity contribution >= 4 is 0 Å². The van der Waals surface area contributed by atoms with Crippen molar-refractivity contribution in [2.75, 3.05) is 55.5 Å². The van der Waals surface area contributed by atoms with Crippen LogP contribution in [0.3, 0.4) is 0 Å². The summed E-state index contributed by atoms with van der Waals surface area (Å²) < 4.78 is 26.1. The summed E-state index contributed by atoms with van der Waals surface area (Å²) in [5, 5.41) is 22.5. The zero-order valence-corrected chi connectivity index (χ0v) is 29.9. The second kappa shape index (κ2) is 13.2. The van der Waals surface area contributed by atoms with Gasteiger partial charge in [0.15, 0.2) is 34.5 Å². The van der Waals surface area contributed by atoms with E-state index < -0.39 is 0 Å². The highest BCUT2D eigenvalue weighted by Crippen LogP contribution is 2.51. The maximum absolute atomic E-state index is 11.5. The molecule has 8 nitrogen and oxygen atoms in total. The minimum atomic E-state index is -0.0508. The van der Waals surface area contributed by atoms with Gasteiger partial charge in [0.05, 0.1) is 61.1 Å². The fourth-order valence-electron chi connectivity index (χ4n) is 7.61. The van der Waals surface area contributed by atoms with Crippen LogP contribution in [-0.4, -0.2) is 74.7 Å². The molecule has 4 aliphatic heterocycles. The van der Waals surface area contributed by atoms with Gasteiger partial charge in [-0.1, -0.05) is 18.2 Å². The number of benzene rings is 4. The molecule has 0 saturated heterocycles. The smallest absolute Gasteiger partial charge is 0.201 e. The standard InChI is InChI=1S/C38H42N2O6.2ClH/c1-39(2)15-13-25-20-33(43-5)34-22-28(25)29(39)17-23-7-10-27(11-8-23)45-38-36-26(21-35(44-6)37(38)42)14-16-40(3,4)30(36)18-24-9-12-31(41)32(19-24)46-34;;/h7-12,19-22,29-30H,13-18H2,1-6H3;2*1H/t29-,30+;;/m1../s1. The highest BCUT2D eigenvalue weighted by Gasteiger charge is 2.41. The predicted octanol–water partition coefficient (Wildman–Crippen LogP) is 0.854. The van der Waals surface area contributed by atoms with Crippen molar-refractivity contribution in [3.05, 3.63) is 94.0 Å². The van der Waals surface area contributed by atoms with Crippen LogP contribution in [0, 0.1) is 0 Å². The molecule has 0 aromatic heterocycles. The lowest BCUT2D eigenvalue weighted by atomic mass is 9.85. The Bertz CT molecular complexity index is 1830. The van der Waals surface area contributed by atoms with Crippen molar-refractivity contribution in [2.24, 2.45) is 0 Å². The van der Waals surface area contributed by atoms with Gasteiger partial charge >= 0.3 is 0 Å². The molecule has 0 radical (unpaired) electrons. The summed E-state index contributed by atoms with van der Waals surface area (Å²) in [6.07, 6.45) is 3.21. The molecule has 256 valence electrons. The van der Waals surface area contributed by atoms with E-state index in [0.29, 0.717) is 45.4 Å². The first kappa shape index (κ1) is 35.5. The second-order valence-electron chi connectivity index (χ2n) is 14.1. The molecule has 0 amide bonds. The lowest BCUT2D eigenvalue weighted by molar-refractivity contribution is -0.923. The van der Waals surface area contributed by atoms with Crippen LogP contribution < -0.4 is 43.8 Å². The summed E-state index contributed by atoms with van der Waals surface area (Å²) in [5.41, 5.74) is 6.74. The largest absolute Gasteiger partial charge is 1.00 e. The lowest BCUT2D eigenvalue weighted by Gasteiger charge is -2.43. The third kappa shape index (κ3) is 6.23. The summed E-state index contributed by atoms with van der Waals surface area (Å²) in [6, 6.07) is 20.1. The Kier molecular flexibility index (Phi) is 9.79. The van der Waals surface area contributed by atoms with Gasteiger partial charge in [0.25, 0.3) is 0 Å². The number of halogens is 2. The maximum atomic E-state index is 11.5. The van der Waals surface area contributed by atoms with Gasteiger partial charge in [-0.25, -0.2) is 0 Å². The minimum Gasteiger partial charge on any atom is -1.00 e. The van der Waals surface area contributed by atoms with Crippen LogP contribution >= 0.6 is 0 Å². The van der Waals surface area contributed by atoms with Crippen LogP contribution in [0.1, 0.15) is 45.5 Å². The minimum absolute atomic E-state index is 0. The van der Waals surface area contributed by atoms with Gasteiger partial charge in [0.2, 0.25) is 5.75 Å². The quantitative estimate of drug-likeness (QED) is 0.304. The third-order valence-electron chi connectivity index (χ3n) is 10.5. The number of nitrogens with zero attached hydrogens (tertiary/aromatic N) is 2. The van der Waals surface area contributed by atoms with Crippen molar-refractivity contribution < 1.29 is 62.9 Å². The molecular formula is C38H44Cl2N2O6. The van der Waals surface area contributed by atoms with E-state index in [1.165, 1.54) is 16.7 Å². The number of fused-ring (bicyclic) bond motifs is 2. The topological polar surface area (TPSA) is 77.4 Å². The number of likely N-dealkylation sites (N-methyl/N-ethyl adjacent to an activating group) is 2. The molecule has 6 bridgehead atoms. The number of ether oxygens (including phenoxy) is 4. The van der Waals surface area contributed by atoms with E-state index in [-0.39, 0.29) is 48.4 Å². The van der Waals surface area contributed by atoms with Crippen molar-refractivity contribution in [3.8, 4) is 46.0 Å². The van der Waals surface area contributed by atoms with E-state index in [1.54, 1.807) is 20.3 Å². The number of phenolic OH excluding ortho intramolecular Hbond substituents is 2. The number of quaternary nitrogens is 2. The summed E-state index contributed by atoms with van der Waals surface area (Å²) in [4.78, 5) is 0. The van der Waals surface area contributed by atoms with Crippen LogP contribution in [0.25, 0.3) is 0 Å². The fraction of sp³-hybridized carbons (Fsp3) is 0.368. The molecule has 8 rings (SSSR count). The molecule has 0 unspecified atom stereocenters. The number of rotatable bonds is 2. The molecular weight excluding hydrogens is 651 g/mol. The molecule has 4 heterocycles. The average Bonchev–Trinajstić information content (AvgIpc) is 3.03. The molecule has 0 spiro atoms. The molecule has 10 heteroatoms. The molecule has 4 aromatic carbocycles. The first-order valence-corrected chi connectivity index (χ1v) is 16.0. The Labute approximate surface area is 295 Å². The first-order valence-electron chi connectivity index (χ1n) is 16.0. The highest BCUT2D eigenvalue weighted by molar-refractivity contribution is 5.61. The number of hydrogen-bond acceptors (Lipinski definition) is 6. The Morgan fingerprint density at radius 1 is 0.667 bits per heavy atom. The number of hydrogen-bond donors (Lipinski definition) is 2. The Balaban J connectivity index is 0.00000225. The number of aromatic hydroxyl groups is 2. The van der Waals surface area contributed by atoms with Crippen LogP contribution in [0.5, 0.6) is 46.0 Å². The van der Waals surface area contributed by atoms with E-state index in [0.717, 1.165) is 53.5 Å². The summed E-state index contributed by atoms with van der Waals surface area (Å²) >= 11 is 0. The first-order chi connectivity index (χ1) is 22.0. The molecule has 4 aromatic rings. The van der Waals surface area contributed by atoms with Crippen LogP contribution in [0.4, 0.5) is 0 Å². The van der Waals surface area contributed by atoms with E-state index in [9.17, 15) is 10.2 Å². The summed E-state index contributed by atoms with van der Waals surface area (Å²) in [5.74, 6) is 3.18. The van der Waals surface area contributed by atoms with Gasteiger partial charge in [-0.05, 0) is 64.7 Å². The Hall–Kier alpha value is -3.82. The molecule has 4 aliphatic rings. The molecule has 2 N–H and O–H groups in total. The van der Waals surface area contributed by atoms with Crippen LogP contribution in [0.2, 0.25) is 0 Å². The van der Waals surface area contributed by atoms with Gasteiger partial charge < -0.3 is 62.9 Å². The maximum Gasteiger partial charge on any atom is 0.201 e. The molecule has 0 fully saturated rings.